The highest BCUT2D eigenvalue weighted by Crippen LogP contribution is 2.47. The Morgan fingerprint density at radius 1 is 1.30 bits per heavy atom. The SMILES string of the molecule is Cc1ccc(C(=O)N(Cc2ccc([C@H]3C[C@@H]3C)o2)C2CC2)cn1. The van der Waals surface area contributed by atoms with E-state index in [1.165, 1.54) is 6.42 Å². The average molecular weight is 310 g/mol. The van der Waals surface area contributed by atoms with Crippen LogP contribution < -0.4 is 0 Å². The molecule has 0 bridgehead atoms. The lowest BCUT2D eigenvalue weighted by molar-refractivity contribution is 0.0716. The number of amides is 1. The van der Waals surface area contributed by atoms with Crippen LogP contribution >= 0.6 is 0 Å². The normalized spacial score (nSPS) is 22.9. The molecule has 0 unspecified atom stereocenters. The molecule has 2 atom stereocenters. The van der Waals surface area contributed by atoms with Gasteiger partial charge >= 0.3 is 0 Å². The predicted molar refractivity (Wildman–Crippen MR) is 87.1 cm³/mol. The first-order valence-corrected chi connectivity index (χ1v) is 8.44. The van der Waals surface area contributed by atoms with Gasteiger partial charge < -0.3 is 9.32 Å². The summed E-state index contributed by atoms with van der Waals surface area (Å²) in [5.74, 6) is 3.33. The summed E-state index contributed by atoms with van der Waals surface area (Å²) in [4.78, 5) is 19.0. The number of hydrogen-bond donors (Lipinski definition) is 0. The van der Waals surface area contributed by atoms with Crippen molar-refractivity contribution in [2.75, 3.05) is 0 Å². The monoisotopic (exact) mass is 310 g/mol. The Morgan fingerprint density at radius 3 is 2.70 bits per heavy atom. The van der Waals surface area contributed by atoms with Crippen molar-refractivity contribution in [3.63, 3.8) is 0 Å². The van der Waals surface area contributed by atoms with Crippen LogP contribution in [0.15, 0.2) is 34.9 Å². The minimum absolute atomic E-state index is 0.0535. The van der Waals surface area contributed by atoms with Gasteiger partial charge in [0.2, 0.25) is 0 Å². The van der Waals surface area contributed by atoms with E-state index in [9.17, 15) is 4.79 Å². The van der Waals surface area contributed by atoms with Crippen molar-refractivity contribution in [1.82, 2.24) is 9.88 Å². The van der Waals surface area contributed by atoms with Crippen molar-refractivity contribution in [3.8, 4) is 0 Å². The molecule has 2 aliphatic rings. The Morgan fingerprint density at radius 2 is 2.09 bits per heavy atom. The third-order valence-electron chi connectivity index (χ3n) is 4.89. The summed E-state index contributed by atoms with van der Waals surface area (Å²) in [5, 5.41) is 0. The van der Waals surface area contributed by atoms with Crippen LogP contribution in [-0.4, -0.2) is 21.8 Å². The first-order chi connectivity index (χ1) is 11.1. The van der Waals surface area contributed by atoms with Crippen LogP contribution in [0.5, 0.6) is 0 Å². The number of carbonyl (C=O) groups is 1. The molecular formula is C19H22N2O2. The molecule has 0 spiro atoms. The molecule has 4 rings (SSSR count). The quantitative estimate of drug-likeness (QED) is 0.841. The standard InChI is InChI=1S/C19H22N2O2/c1-12-9-17(12)18-8-7-16(23-18)11-21(15-5-6-15)19(22)14-4-3-13(2)20-10-14/h3-4,7-8,10,12,15,17H,5-6,9,11H2,1-2H3/t12-,17-/m0/s1. The number of furan rings is 1. The smallest absolute Gasteiger partial charge is 0.256 e. The number of aromatic nitrogens is 1. The summed E-state index contributed by atoms with van der Waals surface area (Å²) in [6.07, 6.45) is 5.05. The lowest BCUT2D eigenvalue weighted by Crippen LogP contribution is -2.32. The first kappa shape index (κ1) is 14.5. The zero-order valence-corrected chi connectivity index (χ0v) is 13.7. The molecule has 23 heavy (non-hydrogen) atoms. The molecule has 0 radical (unpaired) electrons. The van der Waals surface area contributed by atoms with Crippen LogP contribution in [0.25, 0.3) is 0 Å². The Kier molecular flexibility index (Phi) is 3.47. The number of hydrogen-bond acceptors (Lipinski definition) is 3. The van der Waals surface area contributed by atoms with Gasteiger partial charge in [-0.2, -0.15) is 0 Å². The van der Waals surface area contributed by atoms with Gasteiger partial charge in [0, 0.05) is 23.9 Å². The fourth-order valence-corrected chi connectivity index (χ4v) is 3.08. The second kappa shape index (κ2) is 5.52. The molecule has 0 saturated heterocycles. The fraction of sp³-hybridized carbons (Fsp3) is 0.474. The van der Waals surface area contributed by atoms with Crippen LogP contribution in [0, 0.1) is 12.8 Å². The van der Waals surface area contributed by atoms with E-state index in [1.807, 2.05) is 30.0 Å². The van der Waals surface area contributed by atoms with Crippen molar-refractivity contribution in [1.29, 1.82) is 0 Å². The van der Waals surface area contributed by atoms with E-state index in [1.54, 1.807) is 6.20 Å². The van der Waals surface area contributed by atoms with Crippen molar-refractivity contribution in [2.45, 2.75) is 51.6 Å². The summed E-state index contributed by atoms with van der Waals surface area (Å²) >= 11 is 0. The van der Waals surface area contributed by atoms with Crippen LogP contribution in [0.2, 0.25) is 0 Å². The van der Waals surface area contributed by atoms with Gasteiger partial charge in [-0.25, -0.2) is 0 Å². The van der Waals surface area contributed by atoms with Gasteiger partial charge in [0.15, 0.2) is 0 Å². The first-order valence-electron chi connectivity index (χ1n) is 8.44. The predicted octanol–water partition coefficient (Wildman–Crippen LogP) is 3.91. The fourth-order valence-electron chi connectivity index (χ4n) is 3.08. The minimum Gasteiger partial charge on any atom is -0.464 e. The third-order valence-corrected chi connectivity index (χ3v) is 4.89. The molecule has 0 N–H and O–H groups in total. The number of aryl methyl sites for hydroxylation is 1. The Labute approximate surface area is 136 Å². The number of nitrogens with zero attached hydrogens (tertiary/aromatic N) is 2. The zero-order chi connectivity index (χ0) is 16.0. The van der Waals surface area contributed by atoms with Gasteiger partial charge in [0.05, 0.1) is 12.1 Å². The highest BCUT2D eigenvalue weighted by Gasteiger charge is 2.37. The van der Waals surface area contributed by atoms with Gasteiger partial charge in [0.1, 0.15) is 11.5 Å². The van der Waals surface area contributed by atoms with Crippen LogP contribution in [-0.2, 0) is 6.54 Å². The van der Waals surface area contributed by atoms with Crippen LogP contribution in [0.3, 0.4) is 0 Å². The molecule has 2 aromatic rings. The van der Waals surface area contributed by atoms with E-state index in [4.69, 9.17) is 4.42 Å². The lowest BCUT2D eigenvalue weighted by Gasteiger charge is -2.21. The van der Waals surface area contributed by atoms with Gasteiger partial charge in [-0.3, -0.25) is 9.78 Å². The summed E-state index contributed by atoms with van der Waals surface area (Å²) in [5.41, 5.74) is 1.58. The van der Waals surface area contributed by atoms with E-state index in [-0.39, 0.29) is 5.91 Å². The highest BCUT2D eigenvalue weighted by molar-refractivity contribution is 5.94. The summed E-state index contributed by atoms with van der Waals surface area (Å²) in [6, 6.07) is 8.19. The van der Waals surface area contributed by atoms with Crippen molar-refractivity contribution in [2.24, 2.45) is 5.92 Å². The topological polar surface area (TPSA) is 46.3 Å². The van der Waals surface area contributed by atoms with E-state index in [2.05, 4.69) is 18.0 Å². The molecule has 2 aromatic heterocycles. The van der Waals surface area contributed by atoms with E-state index in [0.717, 1.165) is 36.0 Å². The van der Waals surface area contributed by atoms with Gasteiger partial charge in [0.25, 0.3) is 5.91 Å². The molecule has 2 aliphatic carbocycles. The Balaban J connectivity index is 1.50. The maximum Gasteiger partial charge on any atom is 0.256 e. The van der Waals surface area contributed by atoms with Gasteiger partial charge in [-0.05, 0) is 56.4 Å². The second-order valence-corrected chi connectivity index (χ2v) is 6.98. The lowest BCUT2D eigenvalue weighted by atomic mass is 10.2. The van der Waals surface area contributed by atoms with Crippen LogP contribution in [0.1, 0.15) is 59.7 Å². The Bertz CT molecular complexity index is 715. The van der Waals surface area contributed by atoms with Gasteiger partial charge in [-0.1, -0.05) is 6.92 Å². The molecule has 2 heterocycles. The zero-order valence-electron chi connectivity index (χ0n) is 13.7. The second-order valence-electron chi connectivity index (χ2n) is 6.98. The summed E-state index contributed by atoms with van der Waals surface area (Å²) in [6.45, 7) is 4.73. The maximum atomic E-state index is 12.8. The molecule has 0 aromatic carbocycles. The molecule has 1 amide bonds. The van der Waals surface area contributed by atoms with E-state index >= 15 is 0 Å². The summed E-state index contributed by atoms with van der Waals surface area (Å²) in [7, 11) is 0. The maximum absolute atomic E-state index is 12.8. The van der Waals surface area contributed by atoms with E-state index in [0.29, 0.717) is 24.1 Å². The van der Waals surface area contributed by atoms with Gasteiger partial charge in [-0.15, -0.1) is 0 Å². The minimum atomic E-state index is 0.0535. The van der Waals surface area contributed by atoms with Crippen molar-refractivity contribution in [3.05, 3.63) is 53.2 Å². The molecule has 2 fully saturated rings. The van der Waals surface area contributed by atoms with Crippen molar-refractivity contribution < 1.29 is 9.21 Å². The van der Waals surface area contributed by atoms with E-state index < -0.39 is 0 Å². The molecule has 4 nitrogen and oxygen atoms in total. The largest absolute Gasteiger partial charge is 0.464 e. The highest BCUT2D eigenvalue weighted by atomic mass is 16.3. The Hall–Kier alpha value is -2.10. The molecule has 120 valence electrons. The molecule has 4 heteroatoms. The number of pyridine rings is 1. The van der Waals surface area contributed by atoms with Crippen LogP contribution in [0.4, 0.5) is 0 Å². The third kappa shape index (κ3) is 3.03. The molecular weight excluding hydrogens is 288 g/mol. The number of rotatable bonds is 5. The summed E-state index contributed by atoms with van der Waals surface area (Å²) < 4.78 is 5.98. The molecule has 0 aliphatic heterocycles. The average Bonchev–Trinajstić information content (AvgIpc) is 3.46. The number of carbonyl (C=O) groups excluding carboxylic acids is 1. The van der Waals surface area contributed by atoms with Crippen molar-refractivity contribution >= 4 is 5.91 Å². The molecule has 2 saturated carbocycles.